The van der Waals surface area contributed by atoms with Gasteiger partial charge in [0.15, 0.2) is 12.7 Å². The van der Waals surface area contributed by atoms with Gasteiger partial charge >= 0.3 is 0 Å². The van der Waals surface area contributed by atoms with Gasteiger partial charge in [0, 0.05) is 36.3 Å². The minimum Gasteiger partial charge on any atom is -0.325 e. The van der Waals surface area contributed by atoms with Gasteiger partial charge in [-0.1, -0.05) is 12.1 Å². The summed E-state index contributed by atoms with van der Waals surface area (Å²) in [6.45, 7) is 1.45. The van der Waals surface area contributed by atoms with Gasteiger partial charge in [0.1, 0.15) is 0 Å². The molecular formula is C18H19N4+. The summed E-state index contributed by atoms with van der Waals surface area (Å²) in [5.41, 5.74) is 9.06. The fraction of sp³-hybridized carbons (Fsp3) is 0.111. The average molecular weight is 291 g/mol. The third kappa shape index (κ3) is 3.30. The molecule has 2 aromatic heterocycles. The Kier molecular flexibility index (Phi) is 4.41. The zero-order valence-corrected chi connectivity index (χ0v) is 12.3. The summed E-state index contributed by atoms with van der Waals surface area (Å²) in [6, 6.07) is 14.5. The Morgan fingerprint density at radius 2 is 1.95 bits per heavy atom. The van der Waals surface area contributed by atoms with E-state index in [1.807, 2.05) is 22.9 Å². The van der Waals surface area contributed by atoms with E-state index in [9.17, 15) is 0 Å². The van der Waals surface area contributed by atoms with Gasteiger partial charge in [-0.25, -0.2) is 4.98 Å². The minimum atomic E-state index is 0.634. The van der Waals surface area contributed by atoms with Crippen LogP contribution >= 0.6 is 0 Å². The largest absolute Gasteiger partial charge is 0.325 e. The highest BCUT2D eigenvalue weighted by Crippen LogP contribution is 2.11. The molecule has 3 rings (SSSR count). The van der Waals surface area contributed by atoms with Gasteiger partial charge in [0.2, 0.25) is 5.69 Å². The molecule has 0 saturated carbocycles. The highest BCUT2D eigenvalue weighted by atomic mass is 15.0. The Labute approximate surface area is 130 Å². The Bertz CT molecular complexity index is 743. The maximum absolute atomic E-state index is 5.65. The van der Waals surface area contributed by atoms with Crippen molar-refractivity contribution in [3.63, 3.8) is 0 Å². The third-order valence-electron chi connectivity index (χ3n) is 3.49. The van der Waals surface area contributed by atoms with Crippen LogP contribution in [0.15, 0.2) is 67.4 Å². The SMILES string of the molecule is NCC[n+]1ccccc1/C=C/c1ccc(-n2ccnc2)cc1. The maximum atomic E-state index is 5.65. The van der Waals surface area contributed by atoms with E-state index in [2.05, 4.69) is 58.2 Å². The molecule has 0 aliphatic carbocycles. The molecule has 0 spiro atoms. The van der Waals surface area contributed by atoms with Crippen LogP contribution < -0.4 is 10.3 Å². The maximum Gasteiger partial charge on any atom is 0.205 e. The molecule has 0 amide bonds. The summed E-state index contributed by atoms with van der Waals surface area (Å²) in [4.78, 5) is 4.06. The lowest BCUT2D eigenvalue weighted by Crippen LogP contribution is -2.39. The molecule has 0 atom stereocenters. The van der Waals surface area contributed by atoms with E-state index in [1.165, 1.54) is 0 Å². The van der Waals surface area contributed by atoms with Gasteiger partial charge in [-0.15, -0.1) is 0 Å². The van der Waals surface area contributed by atoms with E-state index in [0.29, 0.717) is 6.54 Å². The number of hydrogen-bond acceptors (Lipinski definition) is 2. The quantitative estimate of drug-likeness (QED) is 0.733. The molecule has 4 heteroatoms. The molecule has 0 radical (unpaired) electrons. The third-order valence-corrected chi connectivity index (χ3v) is 3.49. The van der Waals surface area contributed by atoms with E-state index in [-0.39, 0.29) is 0 Å². The molecule has 0 fully saturated rings. The van der Waals surface area contributed by atoms with E-state index in [1.54, 1.807) is 12.5 Å². The number of benzene rings is 1. The van der Waals surface area contributed by atoms with Gasteiger partial charge in [-0.3, -0.25) is 0 Å². The highest BCUT2D eigenvalue weighted by molar-refractivity contribution is 5.67. The van der Waals surface area contributed by atoms with Crippen molar-refractivity contribution in [1.82, 2.24) is 9.55 Å². The monoisotopic (exact) mass is 291 g/mol. The summed E-state index contributed by atoms with van der Waals surface area (Å²) >= 11 is 0. The van der Waals surface area contributed by atoms with Gasteiger partial charge < -0.3 is 10.3 Å². The van der Waals surface area contributed by atoms with Crippen molar-refractivity contribution < 1.29 is 4.57 Å². The Hall–Kier alpha value is -2.72. The second kappa shape index (κ2) is 6.83. The first-order chi connectivity index (χ1) is 10.9. The predicted octanol–water partition coefficient (Wildman–Crippen LogP) is 2.29. The van der Waals surface area contributed by atoms with Crippen molar-refractivity contribution in [2.24, 2.45) is 5.73 Å². The molecule has 2 heterocycles. The van der Waals surface area contributed by atoms with Gasteiger partial charge in [0.25, 0.3) is 0 Å². The number of nitrogens with two attached hydrogens (primary N) is 1. The van der Waals surface area contributed by atoms with E-state index >= 15 is 0 Å². The number of rotatable bonds is 5. The van der Waals surface area contributed by atoms with Crippen LogP contribution in [0.2, 0.25) is 0 Å². The molecule has 0 aliphatic rings. The molecule has 0 saturated heterocycles. The first-order valence-electron chi connectivity index (χ1n) is 7.32. The molecule has 3 aromatic rings. The predicted molar refractivity (Wildman–Crippen MR) is 88.2 cm³/mol. The molecule has 110 valence electrons. The summed E-state index contributed by atoms with van der Waals surface area (Å²) in [7, 11) is 0. The van der Waals surface area contributed by atoms with Crippen LogP contribution in [-0.4, -0.2) is 16.1 Å². The molecule has 0 unspecified atom stereocenters. The normalized spacial score (nSPS) is 11.1. The molecule has 22 heavy (non-hydrogen) atoms. The number of hydrogen-bond donors (Lipinski definition) is 1. The van der Waals surface area contributed by atoms with Crippen LogP contribution in [0.5, 0.6) is 0 Å². The Morgan fingerprint density at radius 3 is 2.68 bits per heavy atom. The summed E-state index contributed by atoms with van der Waals surface area (Å²) in [5.74, 6) is 0. The fourth-order valence-corrected chi connectivity index (χ4v) is 2.33. The Morgan fingerprint density at radius 1 is 1.09 bits per heavy atom. The average Bonchev–Trinajstić information content (AvgIpc) is 3.09. The molecule has 1 aromatic carbocycles. The van der Waals surface area contributed by atoms with E-state index < -0.39 is 0 Å². The summed E-state index contributed by atoms with van der Waals surface area (Å²) in [5, 5.41) is 0. The number of aromatic nitrogens is 3. The van der Waals surface area contributed by atoms with Crippen molar-refractivity contribution in [1.29, 1.82) is 0 Å². The number of pyridine rings is 1. The standard InChI is InChI=1S/C18H19N4/c19-10-13-21-12-2-1-3-17(21)7-4-16-5-8-18(9-6-16)22-14-11-20-15-22/h1-9,11-12,14-15H,10,13,19H2/q+1. The highest BCUT2D eigenvalue weighted by Gasteiger charge is 2.04. The Balaban J connectivity index is 1.78. The molecule has 0 aliphatic heterocycles. The summed E-state index contributed by atoms with van der Waals surface area (Å²) in [6.07, 6.45) is 11.8. The van der Waals surface area contributed by atoms with Crippen molar-refractivity contribution in [3.05, 3.63) is 78.6 Å². The first-order valence-corrected chi connectivity index (χ1v) is 7.32. The first kappa shape index (κ1) is 14.2. The van der Waals surface area contributed by atoms with Crippen LogP contribution in [0.4, 0.5) is 0 Å². The van der Waals surface area contributed by atoms with Crippen LogP contribution in [-0.2, 0) is 6.54 Å². The second-order valence-corrected chi connectivity index (χ2v) is 5.00. The number of nitrogens with zero attached hydrogens (tertiary/aromatic N) is 3. The van der Waals surface area contributed by atoms with E-state index in [4.69, 9.17) is 5.73 Å². The van der Waals surface area contributed by atoms with E-state index in [0.717, 1.165) is 23.5 Å². The lowest BCUT2D eigenvalue weighted by atomic mass is 10.1. The number of imidazole rings is 1. The van der Waals surface area contributed by atoms with Crippen molar-refractivity contribution in [3.8, 4) is 5.69 Å². The molecule has 4 nitrogen and oxygen atoms in total. The second-order valence-electron chi connectivity index (χ2n) is 5.00. The van der Waals surface area contributed by atoms with Gasteiger partial charge in [-0.2, -0.15) is 4.57 Å². The smallest absolute Gasteiger partial charge is 0.205 e. The topological polar surface area (TPSA) is 47.7 Å². The summed E-state index contributed by atoms with van der Waals surface area (Å²) < 4.78 is 4.14. The van der Waals surface area contributed by atoms with Gasteiger partial charge in [0.05, 0.1) is 12.9 Å². The molecule has 2 N–H and O–H groups in total. The van der Waals surface area contributed by atoms with Crippen LogP contribution in [0, 0.1) is 0 Å². The van der Waals surface area contributed by atoms with Crippen molar-refractivity contribution in [2.45, 2.75) is 6.54 Å². The van der Waals surface area contributed by atoms with Gasteiger partial charge in [-0.05, 0) is 29.8 Å². The zero-order chi connectivity index (χ0) is 15.2. The van der Waals surface area contributed by atoms with Crippen molar-refractivity contribution >= 4 is 12.2 Å². The zero-order valence-electron chi connectivity index (χ0n) is 12.3. The molecule has 0 bridgehead atoms. The molecular weight excluding hydrogens is 272 g/mol. The van der Waals surface area contributed by atoms with Crippen molar-refractivity contribution in [2.75, 3.05) is 6.54 Å². The lowest BCUT2D eigenvalue weighted by Gasteiger charge is -2.02. The minimum absolute atomic E-state index is 0.634. The van der Waals surface area contributed by atoms with Crippen LogP contribution in [0.3, 0.4) is 0 Å². The lowest BCUT2D eigenvalue weighted by molar-refractivity contribution is -0.696. The van der Waals surface area contributed by atoms with Crippen LogP contribution in [0.25, 0.3) is 17.8 Å². The van der Waals surface area contributed by atoms with Crippen LogP contribution in [0.1, 0.15) is 11.3 Å². The fourth-order valence-electron chi connectivity index (χ4n) is 2.33.